The van der Waals surface area contributed by atoms with Gasteiger partial charge in [0.15, 0.2) is 0 Å². The van der Waals surface area contributed by atoms with E-state index in [1.165, 1.54) is 90.1 Å². The van der Waals surface area contributed by atoms with Crippen LogP contribution in [-0.2, 0) is 31.0 Å². The number of aryl methyl sites for hydroxylation is 5. The molecule has 1 aliphatic rings. The lowest BCUT2D eigenvalue weighted by atomic mass is 9.88. The summed E-state index contributed by atoms with van der Waals surface area (Å²) in [5.41, 5.74) is 27.5. The van der Waals surface area contributed by atoms with E-state index in [9.17, 15) is 52.4 Å². The molecule has 13 rings (SSSR count). The molecule has 0 heterocycles. The summed E-state index contributed by atoms with van der Waals surface area (Å²) in [5.74, 6) is -2.53. The van der Waals surface area contributed by atoms with Gasteiger partial charge in [0.05, 0.1) is 10.8 Å². The molecule has 0 radical (unpaired) electrons. The average Bonchev–Trinajstić information content (AvgIpc) is 1.13. The SMILES string of the molecule is CC(C)c1ccccc1-c1cccc(NC(=O)C(C)(F)F)c1.CC(C)c1ccccc1-c1cccc(NS(=O)(=O)C(C)(F)F)c1.Cc1cccc(-c2c(C(C)C)cccc2C(F)(F)F)c1.Cc1cccc(-c2c(C)cccc2C(C)C)c1.Cc1cccc(C(C)C)c1-c1cccc(N(C)C)c1.Cc1cccc(C(C)C)c1-c1cccc(NS(=O)(=O)C2CC2)c1. The number of amides is 1. The average molecular weight is 1730 g/mol. The predicted molar refractivity (Wildman–Crippen MR) is 507 cm³/mol. The molecule has 124 heavy (non-hydrogen) atoms. The third kappa shape index (κ3) is 27.0. The number of benzene rings is 12. The molecule has 1 saturated carbocycles. The van der Waals surface area contributed by atoms with Gasteiger partial charge < -0.3 is 10.2 Å². The van der Waals surface area contributed by atoms with E-state index in [0.717, 1.165) is 63.4 Å². The topological polar surface area (TPSA) is 125 Å². The molecule has 18 heteroatoms. The van der Waals surface area contributed by atoms with Crippen LogP contribution in [0.15, 0.2) is 267 Å². The third-order valence-electron chi connectivity index (χ3n) is 21.3. The van der Waals surface area contributed by atoms with E-state index in [4.69, 9.17) is 0 Å². The van der Waals surface area contributed by atoms with Crippen LogP contribution < -0.4 is 19.7 Å². The van der Waals surface area contributed by atoms with Gasteiger partial charge in [-0.3, -0.25) is 14.2 Å². The van der Waals surface area contributed by atoms with E-state index in [-0.39, 0.29) is 22.8 Å². The molecule has 0 aliphatic heterocycles. The number of alkyl halides is 7. The Morgan fingerprint density at radius 1 is 0.355 bits per heavy atom. The molecule has 656 valence electrons. The zero-order valence-corrected chi connectivity index (χ0v) is 76.9. The maximum absolute atomic E-state index is 13.3. The highest BCUT2D eigenvalue weighted by Gasteiger charge is 2.40. The van der Waals surface area contributed by atoms with E-state index in [2.05, 4.69) is 229 Å². The largest absolute Gasteiger partial charge is 0.417 e. The fourth-order valence-corrected chi connectivity index (χ4v) is 16.7. The van der Waals surface area contributed by atoms with E-state index in [0.29, 0.717) is 60.0 Å². The second-order valence-electron chi connectivity index (χ2n) is 34.0. The number of halogens is 7. The Kier molecular flexibility index (Phi) is 34.1. The van der Waals surface area contributed by atoms with Crippen LogP contribution in [0.5, 0.6) is 0 Å². The molecule has 0 aromatic heterocycles. The number of hydrogen-bond acceptors (Lipinski definition) is 6. The summed E-state index contributed by atoms with van der Waals surface area (Å²) in [6.45, 7) is 37.0. The van der Waals surface area contributed by atoms with Gasteiger partial charge in [-0.15, -0.1) is 0 Å². The zero-order chi connectivity index (χ0) is 91.5. The minimum Gasteiger partial charge on any atom is -0.378 e. The van der Waals surface area contributed by atoms with Gasteiger partial charge in [-0.2, -0.15) is 30.7 Å². The molecule has 12 aromatic carbocycles. The highest BCUT2D eigenvalue weighted by Crippen LogP contribution is 2.44. The minimum atomic E-state index is -4.76. The normalized spacial score (nSPS) is 12.2. The quantitative estimate of drug-likeness (QED) is 0.0616. The number of carbonyl (C=O) groups excluding carboxylic acids is 1. The predicted octanol–water partition coefficient (Wildman–Crippen LogP) is 30.3. The van der Waals surface area contributed by atoms with Crippen LogP contribution in [0.4, 0.5) is 53.5 Å². The Balaban J connectivity index is 0.000000185. The molecule has 0 bridgehead atoms. The molecule has 0 saturated heterocycles. The molecule has 1 aliphatic carbocycles. The number of hydrogen-bond donors (Lipinski definition) is 3. The molecular weight excluding hydrogens is 1610 g/mol. The Morgan fingerprint density at radius 3 is 1.05 bits per heavy atom. The number of sulfonamides is 2. The second-order valence-corrected chi connectivity index (χ2v) is 37.9. The minimum absolute atomic E-state index is 0.0350. The maximum atomic E-state index is 13.3. The standard InChI is InChI=1S/C19H23NO2S.C18H19F2NO.C18H23N.C17H17F3.C17H19F2NO2S.C17H20/c1-13(2)18-9-4-6-14(3)19(18)15-7-5-8-16(12-15)20-23(21,22)17-10-11-17;1-12(2)15-9-4-5-10-16(15)13-7-6-8-14(11-13)21-17(22)18(3,19)20;1-13(2)17-11-6-8-14(3)18(17)15-9-7-10-16(12-15)19(4)5;1-11(2)14-8-5-9-15(17(18,19)20)16(14)13-7-4-6-12(3)10-13;1-12(2)15-9-4-5-10-16(15)13-7-6-8-14(11-13)20-23(21,22)17(3,18)19;1-12(2)16-10-6-8-14(4)17(16)15-9-5-7-13(3)11-15/h4-9,12-13,17,20H,10-11H2,1-3H3;4-12H,1-3H3,(H,21,22);6-13H,1-5H3;4-11H,1-3H3;4-12,20H,1-3H3;5-12H,1-4H3. The fourth-order valence-electron chi connectivity index (χ4n) is 14.7. The summed E-state index contributed by atoms with van der Waals surface area (Å²) in [5, 5.41) is -1.81. The van der Waals surface area contributed by atoms with Gasteiger partial charge in [0.2, 0.25) is 10.0 Å². The van der Waals surface area contributed by atoms with Crippen molar-refractivity contribution in [3.8, 4) is 66.8 Å². The first-order valence-corrected chi connectivity index (χ1v) is 45.2. The molecule has 0 atom stereocenters. The van der Waals surface area contributed by atoms with Crippen molar-refractivity contribution in [1.29, 1.82) is 0 Å². The van der Waals surface area contributed by atoms with Crippen LogP contribution >= 0.6 is 0 Å². The van der Waals surface area contributed by atoms with Crippen LogP contribution in [0.2, 0.25) is 0 Å². The first-order valence-electron chi connectivity index (χ1n) is 42.2. The lowest BCUT2D eigenvalue weighted by Crippen LogP contribution is -2.31. The monoisotopic (exact) mass is 1730 g/mol. The molecule has 3 N–H and O–H groups in total. The molecule has 1 amide bonds. The number of nitrogens with one attached hydrogen (secondary N) is 3. The summed E-state index contributed by atoms with van der Waals surface area (Å²) in [6, 6.07) is 85.5. The van der Waals surface area contributed by atoms with Crippen molar-refractivity contribution in [2.45, 2.75) is 203 Å². The van der Waals surface area contributed by atoms with Gasteiger partial charge in [0.25, 0.3) is 15.9 Å². The molecule has 12 aromatic rings. The van der Waals surface area contributed by atoms with E-state index in [1.807, 2.05) is 116 Å². The van der Waals surface area contributed by atoms with Gasteiger partial charge in [0, 0.05) is 50.7 Å². The highest BCUT2D eigenvalue weighted by atomic mass is 32.2. The molecule has 1 fully saturated rings. The van der Waals surface area contributed by atoms with Gasteiger partial charge in [0.1, 0.15) is 0 Å². The number of nitrogens with zero attached hydrogens (tertiary/aromatic N) is 1. The number of rotatable bonds is 21. The summed E-state index contributed by atoms with van der Waals surface area (Å²) in [7, 11) is -3.82. The highest BCUT2D eigenvalue weighted by molar-refractivity contribution is 7.93. The van der Waals surface area contributed by atoms with Crippen molar-refractivity contribution in [2.24, 2.45) is 0 Å². The van der Waals surface area contributed by atoms with E-state index >= 15 is 0 Å². The van der Waals surface area contributed by atoms with Crippen LogP contribution in [0, 0.1) is 34.6 Å². The van der Waals surface area contributed by atoms with Gasteiger partial charge in [-0.1, -0.05) is 307 Å². The number of carbonyl (C=O) groups is 1. The summed E-state index contributed by atoms with van der Waals surface area (Å²) in [4.78, 5) is 13.5. The Bertz CT molecular complexity index is 5840. The van der Waals surface area contributed by atoms with Crippen LogP contribution in [-0.4, -0.2) is 53.3 Å². The lowest BCUT2D eigenvalue weighted by Gasteiger charge is -2.19. The Morgan fingerprint density at radius 2 is 0.669 bits per heavy atom. The first kappa shape index (κ1) is 98.4. The zero-order valence-electron chi connectivity index (χ0n) is 75.3. The molecule has 9 nitrogen and oxygen atoms in total. The van der Waals surface area contributed by atoms with Crippen LogP contribution in [0.25, 0.3) is 66.8 Å². The third-order valence-corrected chi connectivity index (χ3v) is 24.7. The van der Waals surface area contributed by atoms with Crippen molar-refractivity contribution in [2.75, 3.05) is 33.8 Å². The Hall–Kier alpha value is -11.1. The first-order chi connectivity index (χ1) is 58.2. The maximum Gasteiger partial charge on any atom is 0.417 e. The van der Waals surface area contributed by atoms with E-state index < -0.39 is 48.9 Å². The molecular formula is C106H121F7N4O5S2. The Labute approximate surface area is 733 Å². The van der Waals surface area contributed by atoms with Gasteiger partial charge in [-0.25, -0.2) is 16.8 Å². The summed E-state index contributed by atoms with van der Waals surface area (Å²) < 4.78 is 144. The summed E-state index contributed by atoms with van der Waals surface area (Å²) >= 11 is 0. The summed E-state index contributed by atoms with van der Waals surface area (Å²) in [6.07, 6.45) is -2.81. The molecule has 0 unspecified atom stereocenters. The lowest BCUT2D eigenvalue weighted by molar-refractivity contribution is -0.137. The smallest absolute Gasteiger partial charge is 0.378 e. The van der Waals surface area contributed by atoms with Crippen molar-refractivity contribution < 1.29 is 52.4 Å². The van der Waals surface area contributed by atoms with Crippen molar-refractivity contribution in [3.63, 3.8) is 0 Å². The molecule has 0 spiro atoms. The fraction of sp³-hybridized carbons (Fsp3) is 0.311. The van der Waals surface area contributed by atoms with Gasteiger partial charge in [-0.05, 0) is 254 Å². The van der Waals surface area contributed by atoms with Crippen molar-refractivity contribution in [1.82, 2.24) is 0 Å². The van der Waals surface area contributed by atoms with Gasteiger partial charge >= 0.3 is 17.4 Å². The van der Waals surface area contributed by atoms with Crippen molar-refractivity contribution in [3.05, 3.63) is 334 Å². The van der Waals surface area contributed by atoms with Crippen LogP contribution in [0.3, 0.4) is 0 Å². The van der Waals surface area contributed by atoms with Crippen LogP contribution in [0.1, 0.15) is 212 Å². The number of anilines is 4. The second kappa shape index (κ2) is 43.0. The van der Waals surface area contributed by atoms with Crippen molar-refractivity contribution >= 4 is 48.7 Å². The van der Waals surface area contributed by atoms with E-state index in [1.54, 1.807) is 54.6 Å².